The molecule has 0 heterocycles. The maximum Gasteiger partial charge on any atom is 0.105 e. The minimum absolute atomic E-state index is 0.348. The van der Waals surface area contributed by atoms with Crippen LogP contribution in [-0.4, -0.2) is 31.1 Å². The van der Waals surface area contributed by atoms with E-state index in [0.29, 0.717) is 6.54 Å². The highest BCUT2D eigenvalue weighted by Crippen LogP contribution is 2.16. The SMILES string of the molecule is CN(C)C(C)(C#N)CCCN. The zero-order chi connectivity index (χ0) is 8.91. The summed E-state index contributed by atoms with van der Waals surface area (Å²) in [4.78, 5) is 1.93. The van der Waals surface area contributed by atoms with Gasteiger partial charge in [0.2, 0.25) is 0 Å². The van der Waals surface area contributed by atoms with Crippen LogP contribution in [0, 0.1) is 11.3 Å². The van der Waals surface area contributed by atoms with Gasteiger partial charge in [-0.1, -0.05) is 0 Å². The van der Waals surface area contributed by atoms with E-state index in [9.17, 15) is 0 Å². The van der Waals surface area contributed by atoms with Crippen molar-refractivity contribution in [2.24, 2.45) is 5.73 Å². The van der Waals surface area contributed by atoms with Crippen LogP contribution in [0.2, 0.25) is 0 Å². The smallest absolute Gasteiger partial charge is 0.105 e. The predicted octanol–water partition coefficient (Wildman–Crippen LogP) is 0.569. The van der Waals surface area contributed by atoms with E-state index in [2.05, 4.69) is 6.07 Å². The van der Waals surface area contributed by atoms with Gasteiger partial charge in [-0.2, -0.15) is 5.26 Å². The molecule has 64 valence electrons. The largest absolute Gasteiger partial charge is 0.330 e. The topological polar surface area (TPSA) is 53.0 Å². The summed E-state index contributed by atoms with van der Waals surface area (Å²) >= 11 is 0. The third-order valence-electron chi connectivity index (χ3n) is 2.10. The van der Waals surface area contributed by atoms with Crippen LogP contribution in [0.25, 0.3) is 0 Å². The first kappa shape index (κ1) is 10.4. The average molecular weight is 155 g/mol. The van der Waals surface area contributed by atoms with Crippen LogP contribution >= 0.6 is 0 Å². The third-order valence-corrected chi connectivity index (χ3v) is 2.10. The third kappa shape index (κ3) is 2.87. The number of nitriles is 1. The van der Waals surface area contributed by atoms with Gasteiger partial charge < -0.3 is 5.73 Å². The highest BCUT2D eigenvalue weighted by Gasteiger charge is 2.25. The molecule has 0 aromatic rings. The molecule has 0 aliphatic heterocycles. The molecule has 0 saturated heterocycles. The normalized spacial score (nSPS) is 16.0. The molecule has 0 aliphatic carbocycles. The van der Waals surface area contributed by atoms with Crippen molar-refractivity contribution in [3.05, 3.63) is 0 Å². The van der Waals surface area contributed by atoms with Gasteiger partial charge in [-0.05, 0) is 40.4 Å². The first-order valence-corrected chi connectivity index (χ1v) is 3.85. The summed E-state index contributed by atoms with van der Waals surface area (Å²) in [6.07, 6.45) is 1.75. The summed E-state index contributed by atoms with van der Waals surface area (Å²) in [5, 5.41) is 8.85. The fourth-order valence-corrected chi connectivity index (χ4v) is 0.826. The van der Waals surface area contributed by atoms with Crippen molar-refractivity contribution in [3.63, 3.8) is 0 Å². The number of nitrogens with two attached hydrogens (primary N) is 1. The zero-order valence-electron chi connectivity index (χ0n) is 7.59. The summed E-state index contributed by atoms with van der Waals surface area (Å²) in [5.41, 5.74) is 5.01. The Labute approximate surface area is 68.8 Å². The average Bonchev–Trinajstić information content (AvgIpc) is 2.00. The Bertz CT molecular complexity index is 148. The Hall–Kier alpha value is -0.590. The molecule has 0 aromatic heterocycles. The second-order valence-electron chi connectivity index (χ2n) is 3.17. The molecule has 1 unspecified atom stereocenters. The summed E-state index contributed by atoms with van der Waals surface area (Å²) in [7, 11) is 3.83. The van der Waals surface area contributed by atoms with Crippen LogP contribution < -0.4 is 5.73 Å². The standard InChI is InChI=1S/C8H17N3/c1-8(7-10,11(2)3)5-4-6-9/h4-6,9H2,1-3H3. The van der Waals surface area contributed by atoms with Gasteiger partial charge in [-0.25, -0.2) is 0 Å². The Morgan fingerprint density at radius 2 is 2.09 bits per heavy atom. The van der Waals surface area contributed by atoms with E-state index in [1.54, 1.807) is 0 Å². The van der Waals surface area contributed by atoms with Crippen LogP contribution in [-0.2, 0) is 0 Å². The fourth-order valence-electron chi connectivity index (χ4n) is 0.826. The lowest BCUT2D eigenvalue weighted by molar-refractivity contribution is 0.221. The summed E-state index contributed by atoms with van der Waals surface area (Å²) < 4.78 is 0. The quantitative estimate of drug-likeness (QED) is 0.645. The number of hydrogen-bond acceptors (Lipinski definition) is 3. The van der Waals surface area contributed by atoms with E-state index in [1.165, 1.54) is 0 Å². The highest BCUT2D eigenvalue weighted by atomic mass is 15.1. The Kier molecular flexibility index (Phi) is 4.09. The molecule has 0 bridgehead atoms. The molecule has 0 amide bonds. The van der Waals surface area contributed by atoms with Crippen molar-refractivity contribution in [1.82, 2.24) is 4.90 Å². The van der Waals surface area contributed by atoms with Crippen LogP contribution in [0.1, 0.15) is 19.8 Å². The van der Waals surface area contributed by atoms with E-state index in [4.69, 9.17) is 11.0 Å². The molecule has 3 nitrogen and oxygen atoms in total. The first-order chi connectivity index (χ1) is 5.06. The molecular weight excluding hydrogens is 138 g/mol. The molecule has 0 rings (SSSR count). The Morgan fingerprint density at radius 1 is 1.55 bits per heavy atom. The molecule has 3 heteroatoms. The first-order valence-electron chi connectivity index (χ1n) is 3.85. The lowest BCUT2D eigenvalue weighted by Gasteiger charge is -2.28. The van der Waals surface area contributed by atoms with Gasteiger partial charge in [0.05, 0.1) is 6.07 Å². The molecule has 1 atom stereocenters. The molecule has 11 heavy (non-hydrogen) atoms. The van der Waals surface area contributed by atoms with Gasteiger partial charge in [0.25, 0.3) is 0 Å². The molecular formula is C8H17N3. The second-order valence-corrected chi connectivity index (χ2v) is 3.17. The lowest BCUT2D eigenvalue weighted by Crippen LogP contribution is -2.40. The van der Waals surface area contributed by atoms with Crippen molar-refractivity contribution in [3.8, 4) is 6.07 Å². The molecule has 0 saturated carbocycles. The molecule has 0 fully saturated rings. The number of nitrogens with zero attached hydrogens (tertiary/aromatic N) is 2. The van der Waals surface area contributed by atoms with Gasteiger partial charge in [0.15, 0.2) is 0 Å². The minimum Gasteiger partial charge on any atom is -0.330 e. The summed E-state index contributed by atoms with van der Waals surface area (Å²) in [6.45, 7) is 2.59. The second kappa shape index (κ2) is 4.32. The van der Waals surface area contributed by atoms with Crippen molar-refractivity contribution in [1.29, 1.82) is 5.26 Å². The number of rotatable bonds is 4. The van der Waals surface area contributed by atoms with Crippen LogP contribution in [0.3, 0.4) is 0 Å². The Morgan fingerprint density at radius 3 is 2.36 bits per heavy atom. The van der Waals surface area contributed by atoms with Crippen LogP contribution in [0.4, 0.5) is 0 Å². The van der Waals surface area contributed by atoms with E-state index in [1.807, 2.05) is 25.9 Å². The molecule has 0 aromatic carbocycles. The molecule has 0 aliphatic rings. The zero-order valence-corrected chi connectivity index (χ0v) is 7.59. The van der Waals surface area contributed by atoms with Gasteiger partial charge in [0, 0.05) is 0 Å². The summed E-state index contributed by atoms with van der Waals surface area (Å²) in [6, 6.07) is 2.28. The van der Waals surface area contributed by atoms with E-state index in [0.717, 1.165) is 12.8 Å². The van der Waals surface area contributed by atoms with Crippen molar-refractivity contribution < 1.29 is 0 Å². The molecule has 2 N–H and O–H groups in total. The molecule has 0 radical (unpaired) electrons. The monoisotopic (exact) mass is 155 g/mol. The van der Waals surface area contributed by atoms with Gasteiger partial charge in [-0.15, -0.1) is 0 Å². The van der Waals surface area contributed by atoms with Gasteiger partial charge in [-0.3, -0.25) is 4.90 Å². The van der Waals surface area contributed by atoms with Crippen molar-refractivity contribution in [2.75, 3.05) is 20.6 Å². The lowest BCUT2D eigenvalue weighted by atomic mass is 9.96. The minimum atomic E-state index is -0.348. The molecule has 0 spiro atoms. The maximum atomic E-state index is 8.85. The van der Waals surface area contributed by atoms with E-state index >= 15 is 0 Å². The van der Waals surface area contributed by atoms with Crippen LogP contribution in [0.15, 0.2) is 0 Å². The number of hydrogen-bond donors (Lipinski definition) is 1. The van der Waals surface area contributed by atoms with Crippen molar-refractivity contribution in [2.45, 2.75) is 25.3 Å². The van der Waals surface area contributed by atoms with Crippen molar-refractivity contribution >= 4 is 0 Å². The summed E-state index contributed by atoms with van der Waals surface area (Å²) in [5.74, 6) is 0. The Balaban J connectivity index is 4.03. The van der Waals surface area contributed by atoms with E-state index < -0.39 is 0 Å². The highest BCUT2D eigenvalue weighted by molar-refractivity contribution is 5.03. The van der Waals surface area contributed by atoms with E-state index in [-0.39, 0.29) is 5.54 Å². The van der Waals surface area contributed by atoms with Crippen LogP contribution in [0.5, 0.6) is 0 Å². The van der Waals surface area contributed by atoms with Gasteiger partial charge >= 0.3 is 0 Å². The predicted molar refractivity (Wildman–Crippen MR) is 46.0 cm³/mol. The fraction of sp³-hybridized carbons (Fsp3) is 0.875. The maximum absolute atomic E-state index is 8.85. The van der Waals surface area contributed by atoms with Gasteiger partial charge in [0.1, 0.15) is 5.54 Å².